The number of aromatic nitrogens is 2. The highest BCUT2D eigenvalue weighted by molar-refractivity contribution is 7.11. The summed E-state index contributed by atoms with van der Waals surface area (Å²) in [6.45, 7) is 5.03. The molecule has 90 valence electrons. The van der Waals surface area contributed by atoms with E-state index in [0.717, 1.165) is 29.0 Å². The van der Waals surface area contributed by atoms with Crippen molar-refractivity contribution in [3.8, 4) is 0 Å². The summed E-state index contributed by atoms with van der Waals surface area (Å²) < 4.78 is 5.38. The van der Waals surface area contributed by atoms with Crippen LogP contribution < -0.4 is 5.32 Å². The third-order valence-electron chi connectivity index (χ3n) is 2.84. The summed E-state index contributed by atoms with van der Waals surface area (Å²) in [6, 6.07) is 0.766. The van der Waals surface area contributed by atoms with Gasteiger partial charge in [-0.3, -0.25) is 0 Å². The minimum Gasteiger partial charge on any atom is -0.372 e. The normalized spacial score (nSPS) is 16.7. The van der Waals surface area contributed by atoms with Crippen LogP contribution in [0.25, 0.3) is 0 Å². The fourth-order valence-corrected chi connectivity index (χ4v) is 2.28. The van der Waals surface area contributed by atoms with Gasteiger partial charge in [0.05, 0.1) is 0 Å². The number of nitrogens with zero attached hydrogens (tertiary/aromatic N) is 2. The molecule has 0 amide bonds. The summed E-state index contributed by atoms with van der Waals surface area (Å²) in [4.78, 5) is 0. The van der Waals surface area contributed by atoms with Gasteiger partial charge in [-0.15, -0.1) is 10.2 Å². The molecule has 0 radical (unpaired) electrons. The Morgan fingerprint density at radius 1 is 1.44 bits per heavy atom. The van der Waals surface area contributed by atoms with Crippen LogP contribution in [-0.2, 0) is 16.8 Å². The maximum Gasteiger partial charge on any atom is 0.148 e. The summed E-state index contributed by atoms with van der Waals surface area (Å²) in [5.74, 6) is 0. The Bertz CT molecular complexity index is 347. The smallest absolute Gasteiger partial charge is 0.148 e. The molecule has 1 fully saturated rings. The molecule has 1 aliphatic rings. The van der Waals surface area contributed by atoms with Crippen molar-refractivity contribution in [2.24, 2.45) is 0 Å². The molecule has 1 aliphatic carbocycles. The summed E-state index contributed by atoms with van der Waals surface area (Å²) >= 11 is 1.65. The largest absolute Gasteiger partial charge is 0.372 e. The fourth-order valence-electron chi connectivity index (χ4n) is 1.36. The van der Waals surface area contributed by atoms with Gasteiger partial charge in [0.15, 0.2) is 0 Å². The standard InChI is InChI=1S/C11H19N3OS/c1-11(2,15-3)10-14-13-9(16-10)6-7-12-8-4-5-8/h8,12H,4-7H2,1-3H3. The topological polar surface area (TPSA) is 47.0 Å². The lowest BCUT2D eigenvalue weighted by atomic mass is 10.1. The molecule has 4 nitrogen and oxygen atoms in total. The second kappa shape index (κ2) is 4.77. The summed E-state index contributed by atoms with van der Waals surface area (Å²) in [6.07, 6.45) is 3.63. The van der Waals surface area contributed by atoms with Gasteiger partial charge >= 0.3 is 0 Å². The first-order valence-corrected chi connectivity index (χ1v) is 6.55. The van der Waals surface area contributed by atoms with E-state index >= 15 is 0 Å². The van der Waals surface area contributed by atoms with Gasteiger partial charge in [0.1, 0.15) is 15.6 Å². The van der Waals surface area contributed by atoms with Crippen molar-refractivity contribution in [2.45, 2.75) is 44.8 Å². The van der Waals surface area contributed by atoms with Gasteiger partial charge in [-0.05, 0) is 26.7 Å². The zero-order valence-corrected chi connectivity index (χ0v) is 10.9. The van der Waals surface area contributed by atoms with Gasteiger partial charge in [-0.1, -0.05) is 11.3 Å². The number of hydrogen-bond acceptors (Lipinski definition) is 5. The van der Waals surface area contributed by atoms with E-state index in [-0.39, 0.29) is 5.60 Å². The minimum absolute atomic E-state index is 0.320. The molecule has 1 heterocycles. The molecule has 1 aromatic rings. The molecule has 16 heavy (non-hydrogen) atoms. The van der Waals surface area contributed by atoms with Gasteiger partial charge in [0.2, 0.25) is 0 Å². The van der Waals surface area contributed by atoms with E-state index in [1.165, 1.54) is 12.8 Å². The van der Waals surface area contributed by atoms with Crippen LogP contribution in [0, 0.1) is 0 Å². The molecule has 1 aromatic heterocycles. The van der Waals surface area contributed by atoms with Crippen LogP contribution in [0.4, 0.5) is 0 Å². The number of hydrogen-bond donors (Lipinski definition) is 1. The average molecular weight is 241 g/mol. The molecular weight excluding hydrogens is 222 g/mol. The lowest BCUT2D eigenvalue weighted by molar-refractivity contribution is 0.0185. The minimum atomic E-state index is -0.320. The van der Waals surface area contributed by atoms with Crippen molar-refractivity contribution in [3.63, 3.8) is 0 Å². The lowest BCUT2D eigenvalue weighted by Crippen LogP contribution is -2.19. The monoisotopic (exact) mass is 241 g/mol. The zero-order valence-electron chi connectivity index (χ0n) is 10.1. The number of nitrogens with one attached hydrogen (secondary N) is 1. The third kappa shape index (κ3) is 2.99. The second-order valence-corrected chi connectivity index (χ2v) is 5.76. The molecule has 2 rings (SSSR count). The summed E-state index contributed by atoms with van der Waals surface area (Å²) in [5.41, 5.74) is -0.320. The van der Waals surface area contributed by atoms with E-state index in [1.807, 2.05) is 13.8 Å². The Kier molecular flexibility index (Phi) is 3.56. The van der Waals surface area contributed by atoms with Gasteiger partial charge in [0, 0.05) is 26.1 Å². The number of rotatable bonds is 6. The van der Waals surface area contributed by atoms with E-state index in [9.17, 15) is 0 Å². The van der Waals surface area contributed by atoms with Crippen molar-refractivity contribution in [1.82, 2.24) is 15.5 Å². The quantitative estimate of drug-likeness (QED) is 0.823. The highest BCUT2D eigenvalue weighted by atomic mass is 32.1. The predicted molar refractivity (Wildman–Crippen MR) is 64.7 cm³/mol. The highest BCUT2D eigenvalue weighted by Crippen LogP contribution is 2.26. The molecule has 0 unspecified atom stereocenters. The maximum absolute atomic E-state index is 5.38. The van der Waals surface area contributed by atoms with E-state index < -0.39 is 0 Å². The molecule has 0 aliphatic heterocycles. The van der Waals surface area contributed by atoms with E-state index in [0.29, 0.717) is 0 Å². The van der Waals surface area contributed by atoms with Crippen molar-refractivity contribution in [2.75, 3.05) is 13.7 Å². The van der Waals surface area contributed by atoms with Gasteiger partial charge in [0.25, 0.3) is 0 Å². The molecule has 0 aromatic carbocycles. The zero-order chi connectivity index (χ0) is 11.6. The molecule has 1 saturated carbocycles. The molecule has 0 spiro atoms. The van der Waals surface area contributed by atoms with E-state index in [4.69, 9.17) is 4.74 Å². The molecular formula is C11H19N3OS. The van der Waals surface area contributed by atoms with E-state index in [1.54, 1.807) is 18.4 Å². The Hall–Kier alpha value is -0.520. The van der Waals surface area contributed by atoms with Crippen molar-refractivity contribution >= 4 is 11.3 Å². The van der Waals surface area contributed by atoms with Crippen LogP contribution in [0.1, 0.15) is 36.7 Å². The van der Waals surface area contributed by atoms with Crippen molar-refractivity contribution in [3.05, 3.63) is 10.0 Å². The van der Waals surface area contributed by atoms with Gasteiger partial charge < -0.3 is 10.1 Å². The summed E-state index contributed by atoms with van der Waals surface area (Å²) in [7, 11) is 1.70. The van der Waals surface area contributed by atoms with Gasteiger partial charge in [-0.25, -0.2) is 0 Å². The van der Waals surface area contributed by atoms with Crippen LogP contribution in [0.2, 0.25) is 0 Å². The fraction of sp³-hybridized carbons (Fsp3) is 0.818. The third-order valence-corrected chi connectivity index (χ3v) is 4.13. The van der Waals surface area contributed by atoms with Crippen LogP contribution in [0.5, 0.6) is 0 Å². The van der Waals surface area contributed by atoms with Crippen LogP contribution in [0.15, 0.2) is 0 Å². The Morgan fingerprint density at radius 3 is 2.81 bits per heavy atom. The molecule has 1 N–H and O–H groups in total. The summed E-state index contributed by atoms with van der Waals surface area (Å²) in [5, 5.41) is 13.9. The molecule has 5 heteroatoms. The Morgan fingerprint density at radius 2 is 2.19 bits per heavy atom. The van der Waals surface area contributed by atoms with Gasteiger partial charge in [-0.2, -0.15) is 0 Å². The lowest BCUT2D eigenvalue weighted by Gasteiger charge is -2.18. The number of ether oxygens (including phenoxy) is 1. The van der Waals surface area contributed by atoms with Crippen molar-refractivity contribution in [1.29, 1.82) is 0 Å². The Labute approximate surface area is 100 Å². The molecule has 0 bridgehead atoms. The Balaban J connectivity index is 1.85. The maximum atomic E-state index is 5.38. The first-order valence-electron chi connectivity index (χ1n) is 5.73. The predicted octanol–water partition coefficient (Wildman–Crippen LogP) is 1.71. The SMILES string of the molecule is COC(C)(C)c1nnc(CCNC2CC2)s1. The highest BCUT2D eigenvalue weighted by Gasteiger charge is 2.25. The number of methoxy groups -OCH3 is 1. The first kappa shape index (κ1) is 12.0. The van der Waals surface area contributed by atoms with E-state index in [2.05, 4.69) is 15.5 Å². The van der Waals surface area contributed by atoms with Crippen LogP contribution in [0.3, 0.4) is 0 Å². The second-order valence-electron chi connectivity index (χ2n) is 4.69. The molecule has 0 atom stereocenters. The first-order chi connectivity index (χ1) is 7.62. The van der Waals surface area contributed by atoms with Crippen molar-refractivity contribution < 1.29 is 4.74 Å². The molecule has 0 saturated heterocycles. The van der Waals surface area contributed by atoms with Crippen LogP contribution >= 0.6 is 11.3 Å². The van der Waals surface area contributed by atoms with Crippen LogP contribution in [-0.4, -0.2) is 29.9 Å². The average Bonchev–Trinajstić information content (AvgIpc) is 2.94.